The van der Waals surface area contributed by atoms with E-state index < -0.39 is 0 Å². The molecule has 0 radical (unpaired) electrons. The van der Waals surface area contributed by atoms with Gasteiger partial charge in [-0.05, 0) is 42.5 Å². The van der Waals surface area contributed by atoms with Gasteiger partial charge in [0.05, 0.1) is 24.6 Å². The first-order valence-corrected chi connectivity index (χ1v) is 12.8. The molecular formula is C29H38N4O3. The van der Waals surface area contributed by atoms with Gasteiger partial charge in [-0.25, -0.2) is 4.79 Å². The number of carbonyl (C=O) groups excluding carboxylic acids is 2. The van der Waals surface area contributed by atoms with E-state index in [1.165, 1.54) is 0 Å². The predicted molar refractivity (Wildman–Crippen MR) is 142 cm³/mol. The summed E-state index contributed by atoms with van der Waals surface area (Å²) >= 11 is 0. The van der Waals surface area contributed by atoms with E-state index in [0.29, 0.717) is 6.54 Å². The van der Waals surface area contributed by atoms with Crippen molar-refractivity contribution in [1.29, 1.82) is 0 Å². The van der Waals surface area contributed by atoms with Crippen LogP contribution in [0.4, 0.5) is 4.79 Å². The Morgan fingerprint density at radius 1 is 1.17 bits per heavy atom. The second-order valence-electron chi connectivity index (χ2n) is 10.0. The minimum atomic E-state index is -0.224. The van der Waals surface area contributed by atoms with E-state index in [-0.39, 0.29) is 29.4 Å². The summed E-state index contributed by atoms with van der Waals surface area (Å²) in [7, 11) is 1.65. The third-order valence-corrected chi connectivity index (χ3v) is 7.52. The fourth-order valence-electron chi connectivity index (χ4n) is 5.08. The second kappa shape index (κ2) is 11.6. The molecule has 0 bridgehead atoms. The van der Waals surface area contributed by atoms with Gasteiger partial charge in [0.1, 0.15) is 5.75 Å². The highest BCUT2D eigenvalue weighted by atomic mass is 16.5. The summed E-state index contributed by atoms with van der Waals surface area (Å²) in [6, 6.07) is 18.0. The van der Waals surface area contributed by atoms with Crippen LogP contribution in [0.3, 0.4) is 0 Å². The third-order valence-electron chi connectivity index (χ3n) is 7.52. The molecule has 7 nitrogen and oxygen atoms in total. The van der Waals surface area contributed by atoms with Crippen molar-refractivity contribution in [2.45, 2.75) is 44.3 Å². The predicted octanol–water partition coefficient (Wildman–Crippen LogP) is 4.12. The van der Waals surface area contributed by atoms with Crippen LogP contribution in [0, 0.1) is 5.92 Å². The lowest BCUT2D eigenvalue weighted by molar-refractivity contribution is -0.124. The first-order valence-electron chi connectivity index (χ1n) is 12.8. The first kappa shape index (κ1) is 25.8. The maximum atomic E-state index is 12.7. The van der Waals surface area contributed by atoms with Crippen LogP contribution in [0.15, 0.2) is 67.3 Å². The number of amides is 3. The highest BCUT2D eigenvalue weighted by Crippen LogP contribution is 2.30. The van der Waals surface area contributed by atoms with Crippen LogP contribution in [0.25, 0.3) is 0 Å². The fraction of sp³-hybridized carbons (Fsp3) is 0.448. The summed E-state index contributed by atoms with van der Waals surface area (Å²) in [5.41, 5.74) is 2.06. The summed E-state index contributed by atoms with van der Waals surface area (Å²) in [5, 5.41) is 6.49. The lowest BCUT2D eigenvalue weighted by atomic mass is 9.88. The number of piperidine rings is 1. The van der Waals surface area contributed by atoms with Crippen LogP contribution >= 0.6 is 0 Å². The lowest BCUT2D eigenvalue weighted by Crippen LogP contribution is -2.52. The summed E-state index contributed by atoms with van der Waals surface area (Å²) in [6.07, 6.45) is 4.36. The second-order valence-corrected chi connectivity index (χ2v) is 10.0. The van der Waals surface area contributed by atoms with Crippen molar-refractivity contribution in [3.05, 3.63) is 78.4 Å². The summed E-state index contributed by atoms with van der Waals surface area (Å²) in [6.45, 7) is 9.69. The van der Waals surface area contributed by atoms with Crippen molar-refractivity contribution in [3.8, 4) is 5.75 Å². The maximum Gasteiger partial charge on any atom is 0.318 e. The van der Waals surface area contributed by atoms with Gasteiger partial charge in [0.2, 0.25) is 5.91 Å². The lowest BCUT2D eigenvalue weighted by Gasteiger charge is -2.39. The molecule has 0 saturated carbocycles. The molecule has 2 saturated heterocycles. The van der Waals surface area contributed by atoms with E-state index in [1.54, 1.807) is 13.2 Å². The number of likely N-dealkylation sites (tertiary alicyclic amines) is 1. The van der Waals surface area contributed by atoms with Gasteiger partial charge in [0.25, 0.3) is 0 Å². The minimum absolute atomic E-state index is 0.00192. The first-order chi connectivity index (χ1) is 17.4. The molecule has 2 N–H and O–H groups in total. The van der Waals surface area contributed by atoms with Gasteiger partial charge in [0.15, 0.2) is 0 Å². The van der Waals surface area contributed by atoms with Crippen molar-refractivity contribution in [1.82, 2.24) is 20.4 Å². The Bertz CT molecular complexity index is 1030. The van der Waals surface area contributed by atoms with Gasteiger partial charge in [0, 0.05) is 32.7 Å². The van der Waals surface area contributed by atoms with Gasteiger partial charge in [-0.3, -0.25) is 4.79 Å². The van der Waals surface area contributed by atoms with Crippen LogP contribution in [0.2, 0.25) is 0 Å². The molecule has 2 aromatic rings. The third kappa shape index (κ3) is 6.26. The molecule has 36 heavy (non-hydrogen) atoms. The van der Waals surface area contributed by atoms with Gasteiger partial charge >= 0.3 is 6.03 Å². The highest BCUT2D eigenvalue weighted by Gasteiger charge is 2.44. The van der Waals surface area contributed by atoms with Crippen LogP contribution < -0.4 is 15.4 Å². The molecule has 2 aliphatic heterocycles. The average molecular weight is 491 g/mol. The number of rotatable bonds is 10. The molecule has 2 atom stereocenters. The van der Waals surface area contributed by atoms with Gasteiger partial charge in [-0.15, -0.1) is 6.58 Å². The highest BCUT2D eigenvalue weighted by molar-refractivity contribution is 5.80. The van der Waals surface area contributed by atoms with E-state index in [9.17, 15) is 9.59 Å². The average Bonchev–Trinajstić information content (AvgIpc) is 3.21. The SMILES string of the molecule is C=CC(C)C(=O)N[C@@H](CCN1CCC2(CC1)CN(Cc1ccc(OC)cc1)C(=O)N2)c1ccccc1. The number of ether oxygens (including phenoxy) is 1. The molecule has 0 aliphatic carbocycles. The molecule has 1 spiro atoms. The largest absolute Gasteiger partial charge is 0.497 e. The number of benzene rings is 2. The smallest absolute Gasteiger partial charge is 0.318 e. The Labute approximate surface area is 214 Å². The molecular weight excluding hydrogens is 452 g/mol. The zero-order chi connectivity index (χ0) is 25.5. The molecule has 2 aromatic carbocycles. The number of methoxy groups -OCH3 is 1. The Morgan fingerprint density at radius 3 is 2.50 bits per heavy atom. The molecule has 7 heteroatoms. The molecule has 2 heterocycles. The Morgan fingerprint density at radius 2 is 1.86 bits per heavy atom. The number of carbonyl (C=O) groups is 2. The summed E-state index contributed by atoms with van der Waals surface area (Å²) in [5.74, 6) is 0.595. The van der Waals surface area contributed by atoms with E-state index in [0.717, 1.165) is 62.3 Å². The zero-order valence-electron chi connectivity index (χ0n) is 21.4. The van der Waals surface area contributed by atoms with Gasteiger partial charge < -0.3 is 25.2 Å². The number of nitrogens with one attached hydrogen (secondary N) is 2. The van der Waals surface area contributed by atoms with Gasteiger partial charge in [-0.1, -0.05) is 55.5 Å². The maximum absolute atomic E-state index is 12.7. The van der Waals surface area contributed by atoms with Crippen molar-refractivity contribution in [3.63, 3.8) is 0 Å². The molecule has 3 amide bonds. The van der Waals surface area contributed by atoms with Crippen molar-refractivity contribution in [2.24, 2.45) is 5.92 Å². The molecule has 2 fully saturated rings. The zero-order valence-corrected chi connectivity index (χ0v) is 21.4. The standard InChI is InChI=1S/C29H38N4O3/c1-4-22(2)27(34)30-26(24-8-6-5-7-9-24)14-17-32-18-15-29(16-19-32)21-33(28(35)31-29)20-23-10-12-25(36-3)13-11-23/h4-13,22,26H,1,14-21H2,2-3H3,(H,30,34)(H,31,35)/t22?,26-/m0/s1. The van der Waals surface area contributed by atoms with E-state index >= 15 is 0 Å². The summed E-state index contributed by atoms with van der Waals surface area (Å²) < 4.78 is 5.23. The van der Waals surface area contributed by atoms with E-state index in [4.69, 9.17) is 4.74 Å². The number of hydrogen-bond acceptors (Lipinski definition) is 4. The Kier molecular flexibility index (Phi) is 8.31. The van der Waals surface area contributed by atoms with E-state index in [2.05, 4.69) is 34.2 Å². The van der Waals surface area contributed by atoms with Crippen molar-refractivity contribution < 1.29 is 14.3 Å². The fourth-order valence-corrected chi connectivity index (χ4v) is 5.08. The number of hydrogen-bond donors (Lipinski definition) is 2. The van der Waals surface area contributed by atoms with E-state index in [1.807, 2.05) is 54.3 Å². The normalized spacial score (nSPS) is 18.9. The minimum Gasteiger partial charge on any atom is -0.497 e. The quantitative estimate of drug-likeness (QED) is 0.492. The van der Waals surface area contributed by atoms with Crippen LogP contribution in [-0.2, 0) is 11.3 Å². The molecule has 4 rings (SSSR count). The Balaban J connectivity index is 1.30. The monoisotopic (exact) mass is 490 g/mol. The van der Waals surface area contributed by atoms with Crippen molar-refractivity contribution in [2.75, 3.05) is 33.3 Å². The number of nitrogens with zero attached hydrogens (tertiary/aromatic N) is 2. The summed E-state index contributed by atoms with van der Waals surface area (Å²) in [4.78, 5) is 29.7. The van der Waals surface area contributed by atoms with Crippen LogP contribution in [-0.4, -0.2) is 60.6 Å². The molecule has 1 unspecified atom stereocenters. The molecule has 0 aromatic heterocycles. The van der Waals surface area contributed by atoms with Crippen LogP contribution in [0.1, 0.15) is 43.4 Å². The van der Waals surface area contributed by atoms with Gasteiger partial charge in [-0.2, -0.15) is 0 Å². The number of urea groups is 1. The van der Waals surface area contributed by atoms with Crippen molar-refractivity contribution >= 4 is 11.9 Å². The molecule has 192 valence electrons. The Hall–Kier alpha value is -3.32. The van der Waals surface area contributed by atoms with Crippen LogP contribution in [0.5, 0.6) is 5.75 Å². The topological polar surface area (TPSA) is 73.9 Å². The molecule has 2 aliphatic rings.